The average Bonchev–Trinajstić information content (AvgIpc) is 2.21. The Morgan fingerprint density at radius 1 is 1.62 bits per heavy atom. The highest BCUT2D eigenvalue weighted by Gasteiger charge is 2.13. The molecule has 1 rings (SSSR count). The van der Waals surface area contributed by atoms with Gasteiger partial charge in [-0.15, -0.1) is 0 Å². The van der Waals surface area contributed by atoms with Crippen molar-refractivity contribution in [2.24, 2.45) is 0 Å². The summed E-state index contributed by atoms with van der Waals surface area (Å²) in [4.78, 5) is 14.8. The maximum absolute atomic E-state index is 12.3. The Kier molecular flexibility index (Phi) is 4.61. The van der Waals surface area contributed by atoms with E-state index in [1.807, 2.05) is 0 Å². The molecule has 0 bridgehead atoms. The van der Waals surface area contributed by atoms with Gasteiger partial charge in [-0.05, 0) is 13.0 Å². The fraction of sp³-hybridized carbons (Fsp3) is 0.400. The molecule has 16 heavy (non-hydrogen) atoms. The third-order valence-corrected chi connectivity index (χ3v) is 2.13. The Balaban J connectivity index is 2.79. The van der Waals surface area contributed by atoms with Crippen LogP contribution in [0.15, 0.2) is 12.3 Å². The number of rotatable bonds is 4. The largest absolute Gasteiger partial charge is 0.466 e. The van der Waals surface area contributed by atoms with Crippen molar-refractivity contribution in [2.75, 3.05) is 6.61 Å². The van der Waals surface area contributed by atoms with Crippen molar-refractivity contribution in [1.82, 2.24) is 4.98 Å². The second kappa shape index (κ2) is 5.75. The molecule has 1 aromatic heterocycles. The van der Waals surface area contributed by atoms with E-state index in [1.54, 1.807) is 6.92 Å². The van der Waals surface area contributed by atoms with E-state index in [1.165, 1.54) is 0 Å². The molecule has 0 aliphatic rings. The molecule has 0 atom stereocenters. The molecule has 0 spiro atoms. The van der Waals surface area contributed by atoms with Crippen molar-refractivity contribution in [3.05, 3.63) is 28.5 Å². The number of hydrogen-bond donors (Lipinski definition) is 0. The van der Waals surface area contributed by atoms with Gasteiger partial charge in [-0.2, -0.15) is 0 Å². The van der Waals surface area contributed by atoms with Crippen molar-refractivity contribution in [3.8, 4) is 0 Å². The number of nitrogens with zero attached hydrogens (tertiary/aromatic N) is 1. The maximum Gasteiger partial charge on any atom is 0.311 e. The van der Waals surface area contributed by atoms with Gasteiger partial charge in [0.15, 0.2) is 0 Å². The lowest BCUT2D eigenvalue weighted by atomic mass is 10.2. The summed E-state index contributed by atoms with van der Waals surface area (Å²) in [5, 5.41) is 0.0471. The molecule has 0 aromatic carbocycles. The summed E-state index contributed by atoms with van der Waals surface area (Å²) < 4.78 is 29.2. The molecular weight excluding hydrogens is 240 g/mol. The molecule has 0 aliphatic carbocycles. The second-order valence-corrected chi connectivity index (χ2v) is 3.39. The van der Waals surface area contributed by atoms with Gasteiger partial charge in [0, 0.05) is 11.8 Å². The number of alkyl halides is 2. The van der Waals surface area contributed by atoms with Gasteiger partial charge < -0.3 is 4.74 Å². The molecule has 1 heterocycles. The highest BCUT2D eigenvalue weighted by Crippen LogP contribution is 2.23. The first kappa shape index (κ1) is 12.8. The second-order valence-electron chi connectivity index (χ2n) is 2.98. The van der Waals surface area contributed by atoms with E-state index in [0.717, 1.165) is 12.3 Å². The van der Waals surface area contributed by atoms with Crippen LogP contribution in [0, 0.1) is 0 Å². The fourth-order valence-electron chi connectivity index (χ4n) is 1.08. The van der Waals surface area contributed by atoms with Gasteiger partial charge in [0.25, 0.3) is 6.43 Å². The predicted molar refractivity (Wildman–Crippen MR) is 54.5 cm³/mol. The lowest BCUT2D eigenvalue weighted by Gasteiger charge is -2.05. The molecule has 88 valence electrons. The molecule has 1 aromatic rings. The first-order chi connectivity index (χ1) is 7.54. The Morgan fingerprint density at radius 2 is 2.31 bits per heavy atom. The van der Waals surface area contributed by atoms with Crippen molar-refractivity contribution in [2.45, 2.75) is 19.8 Å². The number of aromatic nitrogens is 1. The van der Waals surface area contributed by atoms with Gasteiger partial charge in [-0.25, -0.2) is 8.78 Å². The van der Waals surface area contributed by atoms with E-state index in [0.29, 0.717) is 0 Å². The summed E-state index contributed by atoms with van der Waals surface area (Å²) in [6.07, 6.45) is -1.73. The van der Waals surface area contributed by atoms with E-state index in [9.17, 15) is 13.6 Å². The van der Waals surface area contributed by atoms with Crippen LogP contribution in [0.2, 0.25) is 5.02 Å². The number of ether oxygens (including phenoxy) is 1. The number of pyridine rings is 1. The quantitative estimate of drug-likeness (QED) is 0.771. The van der Waals surface area contributed by atoms with Crippen molar-refractivity contribution in [1.29, 1.82) is 0 Å². The number of halogens is 3. The summed E-state index contributed by atoms with van der Waals surface area (Å²) in [6, 6.07) is 1.10. The topological polar surface area (TPSA) is 39.2 Å². The monoisotopic (exact) mass is 249 g/mol. The number of hydrogen-bond acceptors (Lipinski definition) is 3. The molecule has 0 fully saturated rings. The Bertz CT molecular complexity index is 385. The summed E-state index contributed by atoms with van der Waals surface area (Å²) in [5.74, 6) is -0.485. The van der Waals surface area contributed by atoms with Gasteiger partial charge in [0.2, 0.25) is 0 Å². The first-order valence-electron chi connectivity index (χ1n) is 4.62. The maximum atomic E-state index is 12.3. The molecule has 0 aliphatic heterocycles. The molecule has 0 saturated carbocycles. The lowest BCUT2D eigenvalue weighted by molar-refractivity contribution is -0.142. The zero-order valence-electron chi connectivity index (χ0n) is 8.54. The van der Waals surface area contributed by atoms with Gasteiger partial charge in [-0.3, -0.25) is 9.78 Å². The summed E-state index contributed by atoms with van der Waals surface area (Å²) in [6.45, 7) is 1.93. The minimum absolute atomic E-state index is 0.0471. The number of carbonyl (C=O) groups is 1. The molecular formula is C10H10ClF2NO2. The SMILES string of the molecule is CCOC(=O)Cc1ncc(C(F)F)cc1Cl. The Morgan fingerprint density at radius 3 is 2.81 bits per heavy atom. The molecule has 0 radical (unpaired) electrons. The molecule has 6 heteroatoms. The van der Waals surface area contributed by atoms with Crippen molar-refractivity contribution in [3.63, 3.8) is 0 Å². The smallest absolute Gasteiger partial charge is 0.311 e. The van der Waals surface area contributed by atoms with Crippen LogP contribution in [0.3, 0.4) is 0 Å². The zero-order valence-corrected chi connectivity index (χ0v) is 9.30. The molecule has 0 saturated heterocycles. The van der Waals surface area contributed by atoms with Crippen molar-refractivity contribution < 1.29 is 18.3 Å². The van der Waals surface area contributed by atoms with Crippen LogP contribution in [0.4, 0.5) is 8.78 Å². The Labute approximate surface area is 96.4 Å². The van der Waals surface area contributed by atoms with Gasteiger partial charge in [0.05, 0.1) is 23.7 Å². The average molecular weight is 250 g/mol. The summed E-state index contributed by atoms with van der Waals surface area (Å²) in [5.41, 5.74) is -0.0258. The highest BCUT2D eigenvalue weighted by atomic mass is 35.5. The van der Waals surface area contributed by atoms with Crippen LogP contribution in [0.5, 0.6) is 0 Å². The third-order valence-electron chi connectivity index (χ3n) is 1.81. The van der Waals surface area contributed by atoms with E-state index >= 15 is 0 Å². The van der Waals surface area contributed by atoms with Crippen molar-refractivity contribution >= 4 is 17.6 Å². The minimum Gasteiger partial charge on any atom is -0.466 e. The van der Waals surface area contributed by atoms with E-state index in [4.69, 9.17) is 16.3 Å². The van der Waals surface area contributed by atoms with E-state index in [2.05, 4.69) is 4.98 Å². The van der Waals surface area contributed by atoms with Crippen LogP contribution in [-0.2, 0) is 16.0 Å². The predicted octanol–water partition coefficient (Wildman–Crippen LogP) is 2.78. The number of esters is 1. The van der Waals surface area contributed by atoms with Gasteiger partial charge in [0.1, 0.15) is 0 Å². The first-order valence-corrected chi connectivity index (χ1v) is 5.00. The van der Waals surface area contributed by atoms with Crippen LogP contribution in [0.1, 0.15) is 24.6 Å². The van der Waals surface area contributed by atoms with Gasteiger partial charge in [-0.1, -0.05) is 11.6 Å². The molecule has 0 unspecified atom stereocenters. The van der Waals surface area contributed by atoms with Crippen LogP contribution < -0.4 is 0 Å². The molecule has 3 nitrogen and oxygen atoms in total. The molecule has 0 amide bonds. The third kappa shape index (κ3) is 3.41. The standard InChI is InChI=1S/C10H10ClF2NO2/c1-2-16-9(15)4-8-7(11)3-6(5-14-8)10(12)13/h3,5,10H,2,4H2,1H3. The lowest BCUT2D eigenvalue weighted by Crippen LogP contribution is -2.09. The van der Waals surface area contributed by atoms with E-state index in [-0.39, 0.29) is 29.3 Å². The highest BCUT2D eigenvalue weighted by molar-refractivity contribution is 6.31. The van der Waals surface area contributed by atoms with E-state index < -0.39 is 12.4 Å². The summed E-state index contributed by atoms with van der Waals surface area (Å²) in [7, 11) is 0. The van der Waals surface area contributed by atoms with Gasteiger partial charge >= 0.3 is 5.97 Å². The van der Waals surface area contributed by atoms with Crippen LogP contribution in [0.25, 0.3) is 0 Å². The fourth-order valence-corrected chi connectivity index (χ4v) is 1.32. The summed E-state index contributed by atoms with van der Waals surface area (Å²) >= 11 is 5.71. The zero-order chi connectivity index (χ0) is 12.1. The van der Waals surface area contributed by atoms with Crippen LogP contribution in [-0.4, -0.2) is 17.6 Å². The Hall–Kier alpha value is -1.23. The number of carbonyl (C=O) groups excluding carboxylic acids is 1. The van der Waals surface area contributed by atoms with Crippen LogP contribution >= 0.6 is 11.6 Å². The molecule has 0 N–H and O–H groups in total. The normalized spacial score (nSPS) is 10.6. The minimum atomic E-state index is -2.62.